The summed E-state index contributed by atoms with van der Waals surface area (Å²) < 4.78 is 0. The molecule has 2 aliphatic rings. The van der Waals surface area contributed by atoms with Crippen molar-refractivity contribution >= 4 is 5.91 Å². The van der Waals surface area contributed by atoms with Gasteiger partial charge in [0.2, 0.25) is 5.91 Å². The van der Waals surface area contributed by atoms with Crippen LogP contribution >= 0.6 is 0 Å². The second-order valence-corrected chi connectivity index (χ2v) is 6.08. The molecular formula is C15H28N2O. The molecule has 3 heteroatoms. The van der Waals surface area contributed by atoms with E-state index in [4.69, 9.17) is 0 Å². The van der Waals surface area contributed by atoms with E-state index >= 15 is 0 Å². The lowest BCUT2D eigenvalue weighted by molar-refractivity contribution is -0.133. The number of carbonyl (C=O) groups is 1. The van der Waals surface area contributed by atoms with Crippen molar-refractivity contribution in [2.45, 2.75) is 70.8 Å². The van der Waals surface area contributed by atoms with Gasteiger partial charge in [-0.15, -0.1) is 0 Å². The first kappa shape index (κ1) is 13.9. The van der Waals surface area contributed by atoms with Gasteiger partial charge in [-0.3, -0.25) is 4.79 Å². The molecular weight excluding hydrogens is 224 g/mol. The van der Waals surface area contributed by atoms with E-state index in [1.165, 1.54) is 38.5 Å². The smallest absolute Gasteiger partial charge is 0.227 e. The molecule has 2 rings (SSSR count). The molecule has 0 aromatic heterocycles. The highest BCUT2D eigenvalue weighted by Gasteiger charge is 2.38. The minimum atomic E-state index is -0.134. The molecule has 3 nitrogen and oxygen atoms in total. The molecule has 18 heavy (non-hydrogen) atoms. The average molecular weight is 252 g/mol. The highest BCUT2D eigenvalue weighted by molar-refractivity contribution is 5.83. The van der Waals surface area contributed by atoms with Crippen LogP contribution in [0.1, 0.15) is 64.7 Å². The van der Waals surface area contributed by atoms with Crippen LogP contribution in [-0.2, 0) is 4.79 Å². The van der Waals surface area contributed by atoms with Crippen LogP contribution in [0.2, 0.25) is 0 Å². The van der Waals surface area contributed by atoms with Gasteiger partial charge in [0, 0.05) is 12.6 Å². The van der Waals surface area contributed by atoms with Gasteiger partial charge in [0.1, 0.15) is 0 Å². The highest BCUT2D eigenvalue weighted by Crippen LogP contribution is 2.31. The van der Waals surface area contributed by atoms with Crippen LogP contribution < -0.4 is 10.6 Å². The second-order valence-electron chi connectivity index (χ2n) is 6.08. The van der Waals surface area contributed by atoms with Crippen LogP contribution in [0, 0.1) is 5.41 Å². The lowest BCUT2D eigenvalue weighted by Gasteiger charge is -2.36. The monoisotopic (exact) mass is 252 g/mol. The van der Waals surface area contributed by atoms with E-state index in [-0.39, 0.29) is 5.41 Å². The molecule has 2 fully saturated rings. The molecule has 1 saturated heterocycles. The summed E-state index contributed by atoms with van der Waals surface area (Å²) in [6.07, 6.45) is 10.7. The number of carbonyl (C=O) groups excluding carboxylic acids is 1. The fourth-order valence-electron chi connectivity index (χ4n) is 3.39. The maximum absolute atomic E-state index is 12.6. The van der Waals surface area contributed by atoms with Crippen molar-refractivity contribution in [3.05, 3.63) is 0 Å². The van der Waals surface area contributed by atoms with E-state index in [9.17, 15) is 4.79 Å². The Bertz CT molecular complexity index is 264. The molecule has 0 bridgehead atoms. The second kappa shape index (κ2) is 6.55. The SMILES string of the molecule is CCC1(C(=O)NC2CCCCCC2)CCCNC1. The number of hydrogen-bond donors (Lipinski definition) is 2. The Morgan fingerprint density at radius 3 is 2.50 bits per heavy atom. The van der Waals surface area contributed by atoms with E-state index in [1.807, 2.05) is 0 Å². The number of rotatable bonds is 3. The Kier molecular flexibility index (Phi) is 5.04. The van der Waals surface area contributed by atoms with Crippen LogP contribution in [0.25, 0.3) is 0 Å². The summed E-state index contributed by atoms with van der Waals surface area (Å²) in [6, 6.07) is 0.436. The van der Waals surface area contributed by atoms with Gasteiger partial charge in [-0.2, -0.15) is 0 Å². The molecule has 1 amide bonds. The van der Waals surface area contributed by atoms with Crippen molar-refractivity contribution < 1.29 is 4.79 Å². The van der Waals surface area contributed by atoms with Crippen molar-refractivity contribution in [1.82, 2.24) is 10.6 Å². The van der Waals surface area contributed by atoms with Crippen molar-refractivity contribution in [1.29, 1.82) is 0 Å². The van der Waals surface area contributed by atoms with E-state index in [0.717, 1.165) is 32.4 Å². The first-order valence-electron chi connectivity index (χ1n) is 7.78. The molecule has 0 aromatic carbocycles. The summed E-state index contributed by atoms with van der Waals surface area (Å²) in [5, 5.41) is 6.74. The summed E-state index contributed by atoms with van der Waals surface area (Å²) in [4.78, 5) is 12.6. The van der Waals surface area contributed by atoms with Crippen LogP contribution in [0.3, 0.4) is 0 Å². The molecule has 104 valence electrons. The van der Waals surface area contributed by atoms with Gasteiger partial charge in [-0.1, -0.05) is 32.6 Å². The van der Waals surface area contributed by atoms with Gasteiger partial charge in [0.25, 0.3) is 0 Å². The summed E-state index contributed by atoms with van der Waals surface area (Å²) in [5.74, 6) is 0.309. The fraction of sp³-hybridized carbons (Fsp3) is 0.933. The van der Waals surface area contributed by atoms with E-state index in [2.05, 4.69) is 17.6 Å². The van der Waals surface area contributed by atoms with Gasteiger partial charge < -0.3 is 10.6 Å². The predicted octanol–water partition coefficient (Wildman–Crippen LogP) is 2.61. The largest absolute Gasteiger partial charge is 0.353 e. The number of amides is 1. The van der Waals surface area contributed by atoms with Crippen LogP contribution in [0.4, 0.5) is 0 Å². The third kappa shape index (κ3) is 3.25. The molecule has 1 unspecified atom stereocenters. The zero-order chi connectivity index (χ0) is 12.8. The number of hydrogen-bond acceptors (Lipinski definition) is 2. The molecule has 2 N–H and O–H groups in total. The third-order valence-electron chi connectivity index (χ3n) is 4.82. The summed E-state index contributed by atoms with van der Waals surface area (Å²) in [7, 11) is 0. The van der Waals surface area contributed by atoms with Crippen molar-refractivity contribution in [3.8, 4) is 0 Å². The van der Waals surface area contributed by atoms with Gasteiger partial charge in [-0.25, -0.2) is 0 Å². The Hall–Kier alpha value is -0.570. The third-order valence-corrected chi connectivity index (χ3v) is 4.82. The predicted molar refractivity (Wildman–Crippen MR) is 74.5 cm³/mol. The molecule has 1 atom stereocenters. The molecule has 1 heterocycles. The van der Waals surface area contributed by atoms with Gasteiger partial charge >= 0.3 is 0 Å². The highest BCUT2D eigenvalue weighted by atomic mass is 16.2. The van der Waals surface area contributed by atoms with Gasteiger partial charge in [-0.05, 0) is 38.6 Å². The van der Waals surface area contributed by atoms with E-state index in [1.54, 1.807) is 0 Å². The van der Waals surface area contributed by atoms with E-state index in [0.29, 0.717) is 11.9 Å². The molecule has 0 spiro atoms. The Morgan fingerprint density at radius 1 is 1.22 bits per heavy atom. The summed E-state index contributed by atoms with van der Waals surface area (Å²) >= 11 is 0. The van der Waals surface area contributed by atoms with Crippen molar-refractivity contribution in [2.75, 3.05) is 13.1 Å². The normalized spacial score (nSPS) is 30.7. The topological polar surface area (TPSA) is 41.1 Å². The Morgan fingerprint density at radius 2 is 1.94 bits per heavy atom. The lowest BCUT2D eigenvalue weighted by atomic mass is 9.77. The Balaban J connectivity index is 1.91. The Labute approximate surface area is 111 Å². The lowest BCUT2D eigenvalue weighted by Crippen LogP contribution is -2.52. The van der Waals surface area contributed by atoms with Crippen LogP contribution in [-0.4, -0.2) is 25.0 Å². The first-order valence-corrected chi connectivity index (χ1v) is 7.78. The zero-order valence-corrected chi connectivity index (χ0v) is 11.8. The summed E-state index contributed by atoms with van der Waals surface area (Å²) in [6.45, 7) is 4.08. The van der Waals surface area contributed by atoms with Crippen LogP contribution in [0.5, 0.6) is 0 Å². The van der Waals surface area contributed by atoms with Gasteiger partial charge in [0.05, 0.1) is 5.41 Å². The first-order chi connectivity index (χ1) is 8.77. The molecule has 1 saturated carbocycles. The number of nitrogens with one attached hydrogen (secondary N) is 2. The quantitative estimate of drug-likeness (QED) is 0.758. The zero-order valence-electron chi connectivity index (χ0n) is 11.8. The van der Waals surface area contributed by atoms with E-state index < -0.39 is 0 Å². The standard InChI is InChI=1S/C15H28N2O/c1-2-15(10-7-11-16-12-15)14(18)17-13-8-5-3-4-6-9-13/h13,16H,2-12H2,1H3,(H,17,18). The maximum Gasteiger partial charge on any atom is 0.227 e. The minimum Gasteiger partial charge on any atom is -0.353 e. The van der Waals surface area contributed by atoms with Crippen LogP contribution in [0.15, 0.2) is 0 Å². The van der Waals surface area contributed by atoms with Gasteiger partial charge in [0.15, 0.2) is 0 Å². The fourth-order valence-corrected chi connectivity index (χ4v) is 3.39. The van der Waals surface area contributed by atoms with Crippen molar-refractivity contribution in [3.63, 3.8) is 0 Å². The minimum absolute atomic E-state index is 0.134. The molecule has 0 aromatic rings. The average Bonchev–Trinajstić information content (AvgIpc) is 2.68. The summed E-state index contributed by atoms with van der Waals surface area (Å²) in [5.41, 5.74) is -0.134. The number of piperidine rings is 1. The van der Waals surface area contributed by atoms with Crippen molar-refractivity contribution in [2.24, 2.45) is 5.41 Å². The molecule has 1 aliphatic carbocycles. The molecule has 1 aliphatic heterocycles. The molecule has 0 radical (unpaired) electrons. The maximum atomic E-state index is 12.6.